The van der Waals surface area contributed by atoms with Crippen LogP contribution in [-0.2, 0) is 12.0 Å². The number of ether oxygens (including phenoxy) is 1. The van der Waals surface area contributed by atoms with Gasteiger partial charge in [-0.3, -0.25) is 0 Å². The molecule has 0 bridgehead atoms. The van der Waals surface area contributed by atoms with Gasteiger partial charge in [0.15, 0.2) is 0 Å². The third-order valence-electron chi connectivity index (χ3n) is 5.47. The van der Waals surface area contributed by atoms with Crippen LogP contribution in [0.25, 0.3) is 0 Å². The number of nitrogens with zero attached hydrogens (tertiary/aromatic N) is 1. The minimum absolute atomic E-state index is 0. The quantitative estimate of drug-likeness (QED) is 0.755. The average molecular weight is 401 g/mol. The molecule has 2 aromatic rings. The van der Waals surface area contributed by atoms with Crippen molar-refractivity contribution in [2.75, 3.05) is 7.11 Å². The van der Waals surface area contributed by atoms with Crippen LogP contribution in [0.15, 0.2) is 48.5 Å². The molecule has 0 aromatic heterocycles. The highest BCUT2D eigenvalue weighted by atomic mass is 35.5. The number of rotatable bonds is 6. The van der Waals surface area contributed by atoms with Crippen molar-refractivity contribution in [1.82, 2.24) is 5.32 Å². The highest BCUT2D eigenvalue weighted by molar-refractivity contribution is 5.87. The number of hydrogen-bond acceptors (Lipinski definition) is 4. The molecule has 0 saturated heterocycles. The van der Waals surface area contributed by atoms with Crippen LogP contribution >= 0.6 is 12.4 Å². The number of hydrogen-bond donors (Lipinski definition) is 2. The lowest BCUT2D eigenvalue weighted by molar-refractivity contribution is 0.0697. The molecule has 3 rings (SSSR count). The molecule has 2 N–H and O–H groups in total. The van der Waals surface area contributed by atoms with Gasteiger partial charge in [-0.25, -0.2) is 4.79 Å². The average Bonchev–Trinajstić information content (AvgIpc) is 2.73. The Labute approximate surface area is 171 Å². The van der Waals surface area contributed by atoms with Gasteiger partial charge in [-0.15, -0.1) is 12.4 Å². The van der Waals surface area contributed by atoms with Crippen LogP contribution in [0.5, 0.6) is 5.75 Å². The summed E-state index contributed by atoms with van der Waals surface area (Å²) in [6.45, 7) is 0.698. The van der Waals surface area contributed by atoms with Crippen LogP contribution in [-0.4, -0.2) is 24.2 Å². The zero-order valence-electron chi connectivity index (χ0n) is 15.9. The van der Waals surface area contributed by atoms with E-state index in [1.807, 2.05) is 36.4 Å². The molecule has 0 spiro atoms. The predicted octanol–water partition coefficient (Wildman–Crippen LogP) is 4.31. The zero-order valence-corrected chi connectivity index (χ0v) is 16.7. The Kier molecular flexibility index (Phi) is 7.45. The van der Waals surface area contributed by atoms with Gasteiger partial charge in [0.05, 0.1) is 24.2 Å². The first kappa shape index (κ1) is 21.7. The molecule has 2 aromatic carbocycles. The summed E-state index contributed by atoms with van der Waals surface area (Å²) in [5.41, 5.74) is 1.95. The fraction of sp³-hybridized carbons (Fsp3) is 0.364. The van der Waals surface area contributed by atoms with Gasteiger partial charge in [-0.2, -0.15) is 5.26 Å². The maximum Gasteiger partial charge on any atom is 0.335 e. The SMILES string of the molecule is COc1cccc(C2(C#N)CCC(NCc3ccc(C(=O)O)cc3)CC2)c1.Cl. The van der Waals surface area contributed by atoms with Gasteiger partial charge in [-0.1, -0.05) is 24.3 Å². The fourth-order valence-corrected chi connectivity index (χ4v) is 3.73. The van der Waals surface area contributed by atoms with Crippen molar-refractivity contribution >= 4 is 18.4 Å². The number of carboxylic acid groups (broad SMARTS) is 1. The number of nitrogens with one attached hydrogen (secondary N) is 1. The molecule has 0 heterocycles. The van der Waals surface area contributed by atoms with Crippen LogP contribution in [0.3, 0.4) is 0 Å². The number of carbonyl (C=O) groups is 1. The molecule has 0 atom stereocenters. The summed E-state index contributed by atoms with van der Waals surface area (Å²) in [5.74, 6) is -0.126. The maximum absolute atomic E-state index is 10.9. The van der Waals surface area contributed by atoms with E-state index in [0.717, 1.165) is 42.6 Å². The van der Waals surface area contributed by atoms with E-state index in [2.05, 4.69) is 11.4 Å². The largest absolute Gasteiger partial charge is 0.497 e. The van der Waals surface area contributed by atoms with E-state index in [0.29, 0.717) is 18.2 Å². The van der Waals surface area contributed by atoms with E-state index in [1.54, 1.807) is 19.2 Å². The van der Waals surface area contributed by atoms with Crippen LogP contribution in [0.1, 0.15) is 47.2 Å². The summed E-state index contributed by atoms with van der Waals surface area (Å²) in [7, 11) is 1.64. The minimum Gasteiger partial charge on any atom is -0.497 e. The van der Waals surface area contributed by atoms with Gasteiger partial charge >= 0.3 is 5.97 Å². The summed E-state index contributed by atoms with van der Waals surface area (Å²) < 4.78 is 5.31. The lowest BCUT2D eigenvalue weighted by Crippen LogP contribution is -2.39. The van der Waals surface area contributed by atoms with Crippen LogP contribution in [0.2, 0.25) is 0 Å². The zero-order chi connectivity index (χ0) is 19.3. The Morgan fingerprint density at radius 3 is 2.50 bits per heavy atom. The van der Waals surface area contributed by atoms with Crippen molar-refractivity contribution in [2.24, 2.45) is 0 Å². The lowest BCUT2D eigenvalue weighted by Gasteiger charge is -2.36. The number of methoxy groups -OCH3 is 1. The maximum atomic E-state index is 10.9. The molecule has 148 valence electrons. The minimum atomic E-state index is -0.910. The van der Waals surface area contributed by atoms with Crippen molar-refractivity contribution in [3.8, 4) is 11.8 Å². The van der Waals surface area contributed by atoms with Gasteiger partial charge in [0.1, 0.15) is 5.75 Å². The first-order valence-corrected chi connectivity index (χ1v) is 9.18. The number of carboxylic acids is 1. The second kappa shape index (κ2) is 9.59. The molecule has 1 saturated carbocycles. The van der Waals surface area contributed by atoms with Gasteiger partial charge in [0, 0.05) is 12.6 Å². The summed E-state index contributed by atoms with van der Waals surface area (Å²) in [4.78, 5) is 10.9. The van der Waals surface area contributed by atoms with Gasteiger partial charge in [0.25, 0.3) is 0 Å². The molecule has 0 amide bonds. The first-order valence-electron chi connectivity index (χ1n) is 9.18. The summed E-state index contributed by atoms with van der Waals surface area (Å²) in [6, 6.07) is 17.7. The van der Waals surface area contributed by atoms with E-state index in [9.17, 15) is 10.1 Å². The number of benzene rings is 2. The van der Waals surface area contributed by atoms with Gasteiger partial charge < -0.3 is 15.2 Å². The summed E-state index contributed by atoms with van der Waals surface area (Å²) >= 11 is 0. The second-order valence-electron chi connectivity index (χ2n) is 7.08. The Balaban J connectivity index is 0.00000280. The van der Waals surface area contributed by atoms with E-state index >= 15 is 0 Å². The third-order valence-corrected chi connectivity index (χ3v) is 5.47. The second-order valence-corrected chi connectivity index (χ2v) is 7.08. The summed E-state index contributed by atoms with van der Waals surface area (Å²) in [5, 5.41) is 22.4. The van der Waals surface area contributed by atoms with E-state index in [-0.39, 0.29) is 12.4 Å². The number of aromatic carboxylic acids is 1. The normalized spacial score (nSPS) is 21.2. The van der Waals surface area contributed by atoms with E-state index < -0.39 is 11.4 Å². The van der Waals surface area contributed by atoms with Crippen molar-refractivity contribution < 1.29 is 14.6 Å². The van der Waals surface area contributed by atoms with Crippen molar-refractivity contribution in [2.45, 2.75) is 43.7 Å². The summed E-state index contributed by atoms with van der Waals surface area (Å²) in [6.07, 6.45) is 3.48. The van der Waals surface area contributed by atoms with Gasteiger partial charge in [0.2, 0.25) is 0 Å². The van der Waals surface area contributed by atoms with Crippen LogP contribution in [0.4, 0.5) is 0 Å². The molecule has 1 aliphatic carbocycles. The van der Waals surface area contributed by atoms with Crippen molar-refractivity contribution in [3.63, 3.8) is 0 Å². The molecule has 5 nitrogen and oxygen atoms in total. The van der Waals surface area contributed by atoms with Crippen molar-refractivity contribution in [3.05, 3.63) is 65.2 Å². The standard InChI is InChI=1S/C22H24N2O3.ClH/c1-27-20-4-2-3-18(13-20)22(15-23)11-9-19(10-12-22)24-14-16-5-7-17(8-6-16)21(25)26;/h2-8,13,19,24H,9-12,14H2,1H3,(H,25,26);1H. The molecule has 28 heavy (non-hydrogen) atoms. The molecule has 0 aliphatic heterocycles. The molecule has 1 aliphatic rings. The molecule has 0 unspecified atom stereocenters. The first-order chi connectivity index (χ1) is 13.1. The fourth-order valence-electron chi connectivity index (χ4n) is 3.73. The molecule has 1 fully saturated rings. The topological polar surface area (TPSA) is 82.3 Å². The lowest BCUT2D eigenvalue weighted by atomic mass is 9.69. The Hall–Kier alpha value is -2.55. The van der Waals surface area contributed by atoms with Gasteiger partial charge in [-0.05, 0) is 61.1 Å². The smallest absolute Gasteiger partial charge is 0.335 e. The van der Waals surface area contributed by atoms with E-state index in [4.69, 9.17) is 9.84 Å². The van der Waals surface area contributed by atoms with Crippen LogP contribution < -0.4 is 10.1 Å². The molecule has 0 radical (unpaired) electrons. The Morgan fingerprint density at radius 1 is 1.25 bits per heavy atom. The molecular weight excluding hydrogens is 376 g/mol. The number of nitriles is 1. The third kappa shape index (κ3) is 4.83. The van der Waals surface area contributed by atoms with Crippen molar-refractivity contribution in [1.29, 1.82) is 5.26 Å². The highest BCUT2D eigenvalue weighted by Crippen LogP contribution is 2.40. The predicted molar refractivity (Wildman–Crippen MR) is 110 cm³/mol. The molecular formula is C22H25ClN2O3. The highest BCUT2D eigenvalue weighted by Gasteiger charge is 2.37. The number of halogens is 1. The Bertz CT molecular complexity index is 838. The monoisotopic (exact) mass is 400 g/mol. The van der Waals surface area contributed by atoms with E-state index in [1.165, 1.54) is 0 Å². The van der Waals surface area contributed by atoms with Crippen LogP contribution in [0, 0.1) is 11.3 Å². The molecule has 6 heteroatoms. The Morgan fingerprint density at radius 2 is 1.93 bits per heavy atom.